The van der Waals surface area contributed by atoms with Crippen LogP contribution in [0.15, 0.2) is 46.2 Å². The Bertz CT molecular complexity index is 1210. The van der Waals surface area contributed by atoms with E-state index in [1.165, 1.54) is 41.7 Å². The first-order chi connectivity index (χ1) is 14.5. The summed E-state index contributed by atoms with van der Waals surface area (Å²) in [5.74, 6) is -0.571. The Hall–Kier alpha value is -2.51. The molecule has 0 saturated carbocycles. The predicted molar refractivity (Wildman–Crippen MR) is 113 cm³/mol. The van der Waals surface area contributed by atoms with E-state index in [4.69, 9.17) is 14.6 Å². The molecule has 12 heteroatoms. The van der Waals surface area contributed by atoms with Crippen molar-refractivity contribution in [1.82, 2.24) is 4.31 Å². The third kappa shape index (κ3) is 5.05. The van der Waals surface area contributed by atoms with E-state index in [-0.39, 0.29) is 39.9 Å². The number of amides is 1. The number of hydrogen-bond acceptors (Lipinski definition) is 7. The van der Waals surface area contributed by atoms with Crippen LogP contribution in [0.1, 0.15) is 15.9 Å². The van der Waals surface area contributed by atoms with Crippen LogP contribution >= 0.6 is 0 Å². The minimum Gasteiger partial charge on any atom is -0.495 e. The molecule has 1 aliphatic heterocycles. The molecule has 2 aromatic carbocycles. The zero-order valence-corrected chi connectivity index (χ0v) is 18.6. The summed E-state index contributed by atoms with van der Waals surface area (Å²) in [5, 5.41) is 7.76. The third-order valence-electron chi connectivity index (χ3n) is 4.77. The lowest BCUT2D eigenvalue weighted by molar-refractivity contribution is 0.0730. The van der Waals surface area contributed by atoms with E-state index >= 15 is 0 Å². The number of sulfonamides is 2. The Labute approximate surface area is 181 Å². The van der Waals surface area contributed by atoms with Crippen LogP contribution in [0.5, 0.6) is 5.75 Å². The zero-order valence-electron chi connectivity index (χ0n) is 17.0. The molecule has 10 nitrogen and oxygen atoms in total. The molecule has 1 amide bonds. The third-order valence-corrected chi connectivity index (χ3v) is 7.74. The average molecular weight is 470 g/mol. The first-order valence-electron chi connectivity index (χ1n) is 9.25. The van der Waals surface area contributed by atoms with Gasteiger partial charge in [0.15, 0.2) is 0 Å². The molecule has 31 heavy (non-hydrogen) atoms. The number of carbonyl (C=O) groups excluding carboxylic acids is 1. The van der Waals surface area contributed by atoms with Gasteiger partial charge >= 0.3 is 0 Å². The van der Waals surface area contributed by atoms with Crippen LogP contribution < -0.4 is 15.2 Å². The van der Waals surface area contributed by atoms with E-state index < -0.39 is 26.0 Å². The zero-order chi connectivity index (χ0) is 22.8. The number of ether oxygens (including phenoxy) is 2. The van der Waals surface area contributed by atoms with Crippen LogP contribution in [0.3, 0.4) is 0 Å². The SMILES string of the molecule is COc1ccc(NC(=O)c2ccc(C)c(S(=O)(=O)N3CCOCC3)c2)cc1S(N)(=O)=O. The van der Waals surface area contributed by atoms with Gasteiger partial charge in [0.1, 0.15) is 10.6 Å². The molecule has 1 heterocycles. The topological polar surface area (TPSA) is 145 Å². The van der Waals surface area contributed by atoms with Crippen molar-refractivity contribution >= 4 is 31.6 Å². The number of nitrogens with one attached hydrogen (secondary N) is 1. The Morgan fingerprint density at radius 1 is 1.06 bits per heavy atom. The van der Waals surface area contributed by atoms with Crippen molar-refractivity contribution in [3.8, 4) is 5.75 Å². The van der Waals surface area contributed by atoms with Gasteiger partial charge in [0.2, 0.25) is 20.0 Å². The molecular weight excluding hydrogens is 446 g/mol. The van der Waals surface area contributed by atoms with Crippen LogP contribution in [0.4, 0.5) is 5.69 Å². The lowest BCUT2D eigenvalue weighted by Crippen LogP contribution is -2.40. The first-order valence-corrected chi connectivity index (χ1v) is 12.2. The number of rotatable bonds is 6. The fraction of sp³-hybridized carbons (Fsp3) is 0.316. The molecule has 3 N–H and O–H groups in total. The number of hydrogen-bond donors (Lipinski definition) is 2. The summed E-state index contributed by atoms with van der Waals surface area (Å²) in [6.07, 6.45) is 0. The van der Waals surface area contributed by atoms with Crippen molar-refractivity contribution in [3.05, 3.63) is 47.5 Å². The number of anilines is 1. The Balaban J connectivity index is 1.91. The van der Waals surface area contributed by atoms with E-state index in [2.05, 4.69) is 5.32 Å². The maximum atomic E-state index is 13.0. The van der Waals surface area contributed by atoms with Crippen molar-refractivity contribution in [2.45, 2.75) is 16.7 Å². The van der Waals surface area contributed by atoms with Gasteiger partial charge in [-0.25, -0.2) is 22.0 Å². The van der Waals surface area contributed by atoms with Crippen molar-refractivity contribution in [2.75, 3.05) is 38.7 Å². The molecule has 0 spiro atoms. The fourth-order valence-electron chi connectivity index (χ4n) is 3.13. The second kappa shape index (κ2) is 8.93. The van der Waals surface area contributed by atoms with E-state index in [0.29, 0.717) is 18.8 Å². The Kier molecular flexibility index (Phi) is 6.67. The van der Waals surface area contributed by atoms with E-state index in [9.17, 15) is 21.6 Å². The Morgan fingerprint density at radius 2 is 1.74 bits per heavy atom. The van der Waals surface area contributed by atoms with Crippen molar-refractivity contribution in [2.24, 2.45) is 5.14 Å². The number of carbonyl (C=O) groups is 1. The normalized spacial score (nSPS) is 15.5. The maximum absolute atomic E-state index is 13.0. The molecule has 0 bridgehead atoms. The van der Waals surface area contributed by atoms with Crippen LogP contribution in [-0.2, 0) is 24.8 Å². The number of nitrogens with zero attached hydrogens (tertiary/aromatic N) is 1. The summed E-state index contributed by atoms with van der Waals surface area (Å²) < 4.78 is 61.1. The predicted octanol–water partition coefficient (Wildman–Crippen LogP) is 0.924. The number of methoxy groups -OCH3 is 1. The van der Waals surface area contributed by atoms with Crippen molar-refractivity contribution in [3.63, 3.8) is 0 Å². The molecule has 3 rings (SSSR count). The van der Waals surface area contributed by atoms with Crippen molar-refractivity contribution < 1.29 is 31.1 Å². The van der Waals surface area contributed by atoms with Crippen LogP contribution in [0.25, 0.3) is 0 Å². The quantitative estimate of drug-likeness (QED) is 0.640. The van der Waals surface area contributed by atoms with Gasteiger partial charge in [0.25, 0.3) is 5.91 Å². The van der Waals surface area contributed by atoms with Gasteiger partial charge in [-0.3, -0.25) is 4.79 Å². The molecule has 0 unspecified atom stereocenters. The molecular formula is C19H23N3O7S2. The number of nitrogens with two attached hydrogens (primary N) is 1. The first kappa shape index (κ1) is 23.2. The number of aryl methyl sites for hydroxylation is 1. The summed E-state index contributed by atoms with van der Waals surface area (Å²) >= 11 is 0. The van der Waals surface area contributed by atoms with Gasteiger partial charge < -0.3 is 14.8 Å². The lowest BCUT2D eigenvalue weighted by atomic mass is 10.1. The summed E-state index contributed by atoms with van der Waals surface area (Å²) in [6.45, 7) is 2.74. The van der Waals surface area contributed by atoms with Crippen LogP contribution in [-0.4, -0.2) is 60.5 Å². The number of benzene rings is 2. The molecule has 1 aliphatic rings. The number of primary sulfonamides is 1. The van der Waals surface area contributed by atoms with Crippen molar-refractivity contribution in [1.29, 1.82) is 0 Å². The Morgan fingerprint density at radius 3 is 2.35 bits per heavy atom. The van der Waals surface area contributed by atoms with Gasteiger partial charge in [-0.15, -0.1) is 0 Å². The second-order valence-electron chi connectivity index (χ2n) is 6.86. The molecule has 2 aromatic rings. The molecule has 168 valence electrons. The van der Waals surface area contributed by atoms with Crippen LogP contribution in [0.2, 0.25) is 0 Å². The highest BCUT2D eigenvalue weighted by atomic mass is 32.2. The summed E-state index contributed by atoms with van der Waals surface area (Å²) in [4.78, 5) is 12.5. The summed E-state index contributed by atoms with van der Waals surface area (Å²) in [6, 6.07) is 8.33. The summed E-state index contributed by atoms with van der Waals surface area (Å²) in [7, 11) is -6.58. The van der Waals surface area contributed by atoms with Gasteiger partial charge in [-0.1, -0.05) is 6.07 Å². The average Bonchev–Trinajstić information content (AvgIpc) is 2.73. The van der Waals surface area contributed by atoms with Gasteiger partial charge in [0.05, 0.1) is 25.2 Å². The fourth-order valence-corrected chi connectivity index (χ4v) is 5.51. The standard InChI is InChI=1S/C19H23N3O7S2/c1-13-3-4-14(11-17(13)31(26,27)22-7-9-29-10-8-22)19(23)21-15-5-6-16(28-2)18(12-15)30(20,24)25/h3-6,11-12H,7-10H2,1-2H3,(H,21,23)(H2,20,24,25). The van der Waals surface area contributed by atoms with Gasteiger partial charge in [0, 0.05) is 24.3 Å². The molecule has 1 fully saturated rings. The summed E-state index contributed by atoms with van der Waals surface area (Å²) in [5.41, 5.74) is 0.766. The van der Waals surface area contributed by atoms with E-state index in [1.54, 1.807) is 13.0 Å². The maximum Gasteiger partial charge on any atom is 0.255 e. The molecule has 1 saturated heterocycles. The smallest absolute Gasteiger partial charge is 0.255 e. The largest absolute Gasteiger partial charge is 0.495 e. The minimum atomic E-state index is -4.08. The van der Waals surface area contributed by atoms with E-state index in [1.807, 2.05) is 0 Å². The highest BCUT2D eigenvalue weighted by Gasteiger charge is 2.28. The number of morpholine rings is 1. The monoisotopic (exact) mass is 469 g/mol. The van der Waals surface area contributed by atoms with Crippen LogP contribution in [0, 0.1) is 6.92 Å². The van der Waals surface area contributed by atoms with Gasteiger partial charge in [-0.2, -0.15) is 4.31 Å². The highest BCUT2D eigenvalue weighted by molar-refractivity contribution is 7.89. The molecule has 0 aromatic heterocycles. The second-order valence-corrected chi connectivity index (χ2v) is 10.3. The molecule has 0 radical (unpaired) electrons. The highest BCUT2D eigenvalue weighted by Crippen LogP contribution is 2.27. The minimum absolute atomic E-state index is 0.0296. The molecule has 0 atom stereocenters. The molecule has 0 aliphatic carbocycles. The lowest BCUT2D eigenvalue weighted by Gasteiger charge is -2.26. The van der Waals surface area contributed by atoms with E-state index in [0.717, 1.165) is 0 Å². The van der Waals surface area contributed by atoms with Gasteiger partial charge in [-0.05, 0) is 42.8 Å².